The van der Waals surface area contributed by atoms with E-state index >= 15 is 0 Å². The normalized spacial score (nSPS) is 13.5. The Kier molecular flexibility index (Phi) is 4.60. The van der Waals surface area contributed by atoms with Crippen LogP contribution in [0.5, 0.6) is 5.75 Å². The molecule has 23 heavy (non-hydrogen) atoms. The van der Waals surface area contributed by atoms with E-state index in [9.17, 15) is 9.18 Å². The van der Waals surface area contributed by atoms with Gasteiger partial charge in [0.2, 0.25) is 5.82 Å². The fourth-order valence-electron chi connectivity index (χ4n) is 2.70. The molecule has 0 saturated carbocycles. The zero-order valence-electron chi connectivity index (χ0n) is 13.2. The molecule has 0 saturated heterocycles. The van der Waals surface area contributed by atoms with Crippen LogP contribution in [0, 0.1) is 0 Å². The number of halogens is 1. The lowest BCUT2D eigenvalue weighted by atomic mass is 10.1. The highest BCUT2D eigenvalue weighted by molar-refractivity contribution is 5.93. The van der Waals surface area contributed by atoms with Gasteiger partial charge in [-0.3, -0.25) is 4.79 Å². The van der Waals surface area contributed by atoms with Gasteiger partial charge < -0.3 is 14.2 Å². The second kappa shape index (κ2) is 6.81. The first-order valence-corrected chi connectivity index (χ1v) is 7.88. The van der Waals surface area contributed by atoms with Gasteiger partial charge in [0.05, 0.1) is 18.6 Å². The van der Waals surface area contributed by atoms with Crippen molar-refractivity contribution in [1.82, 2.24) is 14.5 Å². The lowest BCUT2D eigenvalue weighted by Gasteiger charge is -2.15. The minimum Gasteiger partial charge on any atom is -0.491 e. The van der Waals surface area contributed by atoms with Crippen molar-refractivity contribution in [2.75, 3.05) is 19.8 Å². The molecule has 1 amide bonds. The summed E-state index contributed by atoms with van der Waals surface area (Å²) in [5, 5.41) is 0. The topological polar surface area (TPSA) is 47.4 Å². The van der Waals surface area contributed by atoms with Crippen molar-refractivity contribution in [2.45, 2.75) is 26.4 Å². The molecule has 6 heteroatoms. The van der Waals surface area contributed by atoms with Crippen molar-refractivity contribution >= 4 is 5.91 Å². The van der Waals surface area contributed by atoms with E-state index in [1.807, 2.05) is 21.6 Å². The van der Waals surface area contributed by atoms with Crippen molar-refractivity contribution < 1.29 is 13.9 Å². The maximum absolute atomic E-state index is 12.3. The molecule has 0 unspecified atom stereocenters. The number of aromatic nitrogens is 2. The summed E-state index contributed by atoms with van der Waals surface area (Å²) in [6.07, 6.45) is 3.77. The third-order valence-corrected chi connectivity index (χ3v) is 3.92. The van der Waals surface area contributed by atoms with Crippen LogP contribution in [0.1, 0.15) is 30.4 Å². The molecule has 2 aromatic rings. The molecule has 0 bridgehead atoms. The van der Waals surface area contributed by atoms with Crippen molar-refractivity contribution in [2.24, 2.45) is 0 Å². The van der Waals surface area contributed by atoms with E-state index in [1.165, 1.54) is 0 Å². The van der Waals surface area contributed by atoms with E-state index in [0.29, 0.717) is 18.2 Å². The standard InChI is InChI=1S/C17H20FN3O2/c1-2-3-9-20-12-21-15(11-19-16(21)17(20)22)13-4-6-14(7-5-13)23-10-8-18/h4-7,11H,2-3,8-10,12H2,1H3. The minimum atomic E-state index is -0.506. The third kappa shape index (κ3) is 3.06. The number of amides is 1. The van der Waals surface area contributed by atoms with Gasteiger partial charge in [0.1, 0.15) is 19.0 Å². The average Bonchev–Trinajstić information content (AvgIpc) is 3.12. The van der Waals surface area contributed by atoms with Gasteiger partial charge in [0.25, 0.3) is 5.91 Å². The Hall–Kier alpha value is -2.37. The number of nitrogens with zero attached hydrogens (tertiary/aromatic N) is 3. The number of imidazole rings is 1. The Morgan fingerprint density at radius 2 is 2.09 bits per heavy atom. The van der Waals surface area contributed by atoms with Gasteiger partial charge in [-0.1, -0.05) is 13.3 Å². The van der Waals surface area contributed by atoms with Gasteiger partial charge in [-0.15, -0.1) is 0 Å². The van der Waals surface area contributed by atoms with Gasteiger partial charge in [-0.2, -0.15) is 0 Å². The van der Waals surface area contributed by atoms with Crippen LogP contribution in [-0.4, -0.2) is 40.2 Å². The molecule has 0 aliphatic carbocycles. The molecular weight excluding hydrogens is 297 g/mol. The first kappa shape index (κ1) is 15.5. The molecule has 3 rings (SSSR count). The minimum absolute atomic E-state index is 0.00685. The van der Waals surface area contributed by atoms with E-state index in [4.69, 9.17) is 4.74 Å². The summed E-state index contributed by atoms with van der Waals surface area (Å²) < 4.78 is 19.3. The van der Waals surface area contributed by atoms with Crippen molar-refractivity contribution in [3.63, 3.8) is 0 Å². The Bertz CT molecular complexity index is 682. The first-order chi connectivity index (χ1) is 11.2. The molecule has 0 fully saturated rings. The van der Waals surface area contributed by atoms with Crippen LogP contribution in [0.3, 0.4) is 0 Å². The summed E-state index contributed by atoms with van der Waals surface area (Å²) in [7, 11) is 0. The van der Waals surface area contributed by atoms with Crippen LogP contribution < -0.4 is 4.74 Å². The molecule has 5 nitrogen and oxygen atoms in total. The van der Waals surface area contributed by atoms with Crippen LogP contribution in [0.2, 0.25) is 0 Å². The fourth-order valence-corrected chi connectivity index (χ4v) is 2.70. The van der Waals surface area contributed by atoms with Crippen LogP contribution in [0.15, 0.2) is 30.5 Å². The lowest BCUT2D eigenvalue weighted by molar-refractivity contribution is 0.0764. The van der Waals surface area contributed by atoms with Gasteiger partial charge >= 0.3 is 0 Å². The highest BCUT2D eigenvalue weighted by Gasteiger charge is 2.30. The van der Waals surface area contributed by atoms with Crippen molar-refractivity contribution in [3.05, 3.63) is 36.3 Å². The summed E-state index contributed by atoms with van der Waals surface area (Å²) in [5.74, 6) is 1.12. The van der Waals surface area contributed by atoms with Crippen LogP contribution in [-0.2, 0) is 6.67 Å². The zero-order chi connectivity index (χ0) is 16.2. The molecule has 2 heterocycles. The number of rotatable bonds is 7. The summed E-state index contributed by atoms with van der Waals surface area (Å²) in [5.41, 5.74) is 1.87. The van der Waals surface area contributed by atoms with Gasteiger partial charge in [-0.25, -0.2) is 9.37 Å². The second-order valence-corrected chi connectivity index (χ2v) is 5.52. The number of carbonyl (C=O) groups is 1. The Morgan fingerprint density at radius 1 is 1.30 bits per heavy atom. The summed E-state index contributed by atoms with van der Waals surface area (Å²) in [6, 6.07) is 7.40. The van der Waals surface area contributed by atoms with Gasteiger partial charge in [0.15, 0.2) is 0 Å². The maximum atomic E-state index is 12.3. The summed E-state index contributed by atoms with van der Waals surface area (Å²) in [6.45, 7) is 2.96. The molecule has 1 aliphatic rings. The predicted molar refractivity (Wildman–Crippen MR) is 85.1 cm³/mol. The largest absolute Gasteiger partial charge is 0.491 e. The van der Waals surface area contributed by atoms with E-state index in [0.717, 1.165) is 30.6 Å². The molecule has 0 atom stereocenters. The number of alkyl halides is 1. The van der Waals surface area contributed by atoms with E-state index in [1.54, 1.807) is 18.3 Å². The number of fused-ring (bicyclic) bond motifs is 1. The predicted octanol–water partition coefficient (Wildman–Crippen LogP) is 3.11. The molecule has 1 aromatic carbocycles. The Labute approximate surface area is 134 Å². The van der Waals surface area contributed by atoms with E-state index in [-0.39, 0.29) is 12.5 Å². The van der Waals surface area contributed by atoms with Crippen LogP contribution >= 0.6 is 0 Å². The van der Waals surface area contributed by atoms with Crippen LogP contribution in [0.25, 0.3) is 11.3 Å². The Balaban J connectivity index is 1.79. The smallest absolute Gasteiger partial charge is 0.291 e. The Morgan fingerprint density at radius 3 is 2.78 bits per heavy atom. The van der Waals surface area contributed by atoms with Crippen LogP contribution in [0.4, 0.5) is 4.39 Å². The highest BCUT2D eigenvalue weighted by atomic mass is 19.1. The average molecular weight is 317 g/mol. The zero-order valence-corrected chi connectivity index (χ0v) is 13.2. The highest BCUT2D eigenvalue weighted by Crippen LogP contribution is 2.27. The molecule has 0 N–H and O–H groups in total. The number of unbranched alkanes of at least 4 members (excludes halogenated alkanes) is 1. The third-order valence-electron chi connectivity index (χ3n) is 3.92. The second-order valence-electron chi connectivity index (χ2n) is 5.52. The number of carbonyl (C=O) groups excluding carboxylic acids is 1. The van der Waals surface area contributed by atoms with E-state index in [2.05, 4.69) is 11.9 Å². The molecule has 0 spiro atoms. The lowest BCUT2D eigenvalue weighted by Crippen LogP contribution is -2.25. The number of ether oxygens (including phenoxy) is 1. The first-order valence-electron chi connectivity index (χ1n) is 7.88. The quantitative estimate of drug-likeness (QED) is 0.788. The monoisotopic (exact) mass is 317 g/mol. The number of hydrogen-bond donors (Lipinski definition) is 0. The molecular formula is C17H20FN3O2. The maximum Gasteiger partial charge on any atom is 0.291 e. The molecule has 122 valence electrons. The van der Waals surface area contributed by atoms with Crippen molar-refractivity contribution in [3.8, 4) is 17.0 Å². The molecule has 0 radical (unpaired) electrons. The van der Waals surface area contributed by atoms with Gasteiger partial charge in [-0.05, 0) is 30.7 Å². The van der Waals surface area contributed by atoms with Gasteiger partial charge in [0, 0.05) is 12.1 Å². The van der Waals surface area contributed by atoms with Crippen molar-refractivity contribution in [1.29, 1.82) is 0 Å². The SMILES string of the molecule is CCCCN1Cn2c(-c3ccc(OCCF)cc3)cnc2C1=O. The molecule has 1 aliphatic heterocycles. The number of benzene rings is 1. The van der Waals surface area contributed by atoms with E-state index < -0.39 is 6.67 Å². The molecule has 1 aromatic heterocycles. The summed E-state index contributed by atoms with van der Waals surface area (Å²) in [4.78, 5) is 18.4. The fraction of sp³-hybridized carbons (Fsp3) is 0.412. The number of hydrogen-bond acceptors (Lipinski definition) is 3. The summed E-state index contributed by atoms with van der Waals surface area (Å²) >= 11 is 0.